The van der Waals surface area contributed by atoms with E-state index in [9.17, 15) is 13.2 Å². The van der Waals surface area contributed by atoms with Gasteiger partial charge in [0, 0.05) is 22.3 Å². The monoisotopic (exact) mass is 376 g/mol. The Kier molecular flexibility index (Phi) is 4.79. The number of sulfonamides is 1. The van der Waals surface area contributed by atoms with Crippen LogP contribution in [0.4, 0.5) is 11.4 Å². The number of amides is 1. The van der Waals surface area contributed by atoms with Crippen LogP contribution >= 0.6 is 11.8 Å². The molecule has 7 heteroatoms. The summed E-state index contributed by atoms with van der Waals surface area (Å²) in [5.74, 6) is 0.459. The molecule has 0 aromatic heterocycles. The molecule has 5 nitrogen and oxygen atoms in total. The van der Waals surface area contributed by atoms with E-state index >= 15 is 0 Å². The average molecular weight is 377 g/mol. The van der Waals surface area contributed by atoms with Gasteiger partial charge in [-0.2, -0.15) is 0 Å². The van der Waals surface area contributed by atoms with Crippen LogP contribution in [-0.2, 0) is 14.8 Å². The van der Waals surface area contributed by atoms with E-state index in [0.29, 0.717) is 17.1 Å². The maximum Gasteiger partial charge on any atom is 0.261 e. The van der Waals surface area contributed by atoms with Crippen LogP contribution in [0.3, 0.4) is 0 Å². The molecule has 3 rings (SSSR count). The molecule has 0 spiro atoms. The number of rotatable bonds is 3. The molecule has 2 aromatic rings. The van der Waals surface area contributed by atoms with E-state index in [1.54, 1.807) is 36.0 Å². The molecular formula is C18H20N2O3S2. The van der Waals surface area contributed by atoms with E-state index in [2.05, 4.69) is 10.0 Å². The lowest BCUT2D eigenvalue weighted by Crippen LogP contribution is -2.20. The summed E-state index contributed by atoms with van der Waals surface area (Å²) in [7, 11) is -3.73. The number of carbonyl (C=O) groups is 1. The number of aryl methyl sites for hydroxylation is 2. The highest BCUT2D eigenvalue weighted by Crippen LogP contribution is 2.34. The lowest BCUT2D eigenvalue weighted by atomic mass is 10.1. The minimum atomic E-state index is -3.73. The molecule has 1 atom stereocenters. The van der Waals surface area contributed by atoms with E-state index in [4.69, 9.17) is 0 Å². The zero-order chi connectivity index (χ0) is 18.2. The lowest BCUT2D eigenvalue weighted by Gasteiger charge is -2.12. The van der Waals surface area contributed by atoms with Gasteiger partial charge < -0.3 is 5.32 Å². The Hall–Kier alpha value is -1.99. The topological polar surface area (TPSA) is 75.3 Å². The minimum Gasteiger partial charge on any atom is -0.325 e. The van der Waals surface area contributed by atoms with Crippen LogP contribution in [0.5, 0.6) is 0 Å². The van der Waals surface area contributed by atoms with Crippen molar-refractivity contribution in [3.05, 3.63) is 47.5 Å². The van der Waals surface area contributed by atoms with Crippen LogP contribution in [0, 0.1) is 19.8 Å². The van der Waals surface area contributed by atoms with Crippen molar-refractivity contribution in [2.45, 2.75) is 30.6 Å². The van der Waals surface area contributed by atoms with Gasteiger partial charge >= 0.3 is 0 Å². The first kappa shape index (κ1) is 17.8. The number of hydrogen-bond donors (Lipinski definition) is 2. The fourth-order valence-electron chi connectivity index (χ4n) is 2.47. The number of fused-ring (bicyclic) bond motifs is 1. The molecule has 132 valence electrons. The molecule has 0 saturated carbocycles. The SMILES string of the molecule is Cc1ccc(NS(=O)(=O)c2ccc3c(c2)NC(=O)[C@@H](C)CS3)cc1C. The normalized spacial score (nSPS) is 17.4. The third kappa shape index (κ3) is 3.82. The molecule has 1 aliphatic rings. The fraction of sp³-hybridized carbons (Fsp3) is 0.278. The molecule has 0 fully saturated rings. The summed E-state index contributed by atoms with van der Waals surface area (Å²) in [6.07, 6.45) is 0. The van der Waals surface area contributed by atoms with Gasteiger partial charge in [-0.25, -0.2) is 8.42 Å². The second-order valence-electron chi connectivity index (χ2n) is 6.26. The summed E-state index contributed by atoms with van der Waals surface area (Å²) in [5.41, 5.74) is 3.18. The van der Waals surface area contributed by atoms with E-state index in [0.717, 1.165) is 16.0 Å². The average Bonchev–Trinajstić information content (AvgIpc) is 2.69. The van der Waals surface area contributed by atoms with E-state index in [1.807, 2.05) is 26.8 Å². The second kappa shape index (κ2) is 6.72. The number of carbonyl (C=O) groups excluding carboxylic acids is 1. The largest absolute Gasteiger partial charge is 0.325 e. The van der Waals surface area contributed by atoms with Gasteiger partial charge in [0.05, 0.1) is 10.6 Å². The summed E-state index contributed by atoms with van der Waals surface area (Å²) >= 11 is 1.55. The maximum absolute atomic E-state index is 12.7. The fourth-order valence-corrected chi connectivity index (χ4v) is 4.55. The molecule has 0 bridgehead atoms. The van der Waals surface area contributed by atoms with Crippen molar-refractivity contribution >= 4 is 39.1 Å². The highest BCUT2D eigenvalue weighted by Gasteiger charge is 2.23. The highest BCUT2D eigenvalue weighted by atomic mass is 32.2. The van der Waals surface area contributed by atoms with E-state index < -0.39 is 10.0 Å². The van der Waals surface area contributed by atoms with Gasteiger partial charge in [-0.1, -0.05) is 13.0 Å². The predicted octanol–water partition coefficient (Wildman–Crippen LogP) is 3.78. The summed E-state index contributed by atoms with van der Waals surface area (Å²) in [6, 6.07) is 10.2. The number of anilines is 2. The van der Waals surface area contributed by atoms with Gasteiger partial charge in [0.1, 0.15) is 0 Å². The van der Waals surface area contributed by atoms with Crippen LogP contribution in [0.1, 0.15) is 18.1 Å². The van der Waals surface area contributed by atoms with Crippen molar-refractivity contribution in [2.75, 3.05) is 15.8 Å². The summed E-state index contributed by atoms with van der Waals surface area (Å²) < 4.78 is 28.0. The molecule has 1 heterocycles. The van der Waals surface area contributed by atoms with Gasteiger partial charge in [-0.3, -0.25) is 9.52 Å². The van der Waals surface area contributed by atoms with Crippen molar-refractivity contribution in [3.8, 4) is 0 Å². The first-order valence-electron chi connectivity index (χ1n) is 7.94. The number of nitrogens with one attached hydrogen (secondary N) is 2. The van der Waals surface area contributed by atoms with Crippen molar-refractivity contribution < 1.29 is 13.2 Å². The first-order chi connectivity index (χ1) is 11.8. The molecule has 1 aliphatic heterocycles. The molecule has 2 aromatic carbocycles. The van der Waals surface area contributed by atoms with Gasteiger partial charge in [-0.05, 0) is 55.3 Å². The quantitative estimate of drug-likeness (QED) is 0.855. The Balaban J connectivity index is 1.91. The van der Waals surface area contributed by atoms with Gasteiger partial charge in [0.2, 0.25) is 5.91 Å². The first-order valence-corrected chi connectivity index (χ1v) is 10.4. The summed E-state index contributed by atoms with van der Waals surface area (Å²) in [6.45, 7) is 5.76. The molecule has 1 amide bonds. The maximum atomic E-state index is 12.7. The predicted molar refractivity (Wildman–Crippen MR) is 102 cm³/mol. The summed E-state index contributed by atoms with van der Waals surface area (Å²) in [5, 5.41) is 2.81. The molecule has 0 radical (unpaired) electrons. The highest BCUT2D eigenvalue weighted by molar-refractivity contribution is 7.99. The van der Waals surface area contributed by atoms with Gasteiger partial charge in [-0.15, -0.1) is 11.8 Å². The Morgan fingerprint density at radius 1 is 1.12 bits per heavy atom. The third-order valence-electron chi connectivity index (χ3n) is 4.21. The molecule has 25 heavy (non-hydrogen) atoms. The zero-order valence-corrected chi connectivity index (χ0v) is 15.9. The third-order valence-corrected chi connectivity index (χ3v) is 6.93. The Morgan fingerprint density at radius 3 is 2.60 bits per heavy atom. The minimum absolute atomic E-state index is 0.0945. The van der Waals surface area contributed by atoms with Crippen LogP contribution in [0.25, 0.3) is 0 Å². The van der Waals surface area contributed by atoms with E-state index in [1.165, 1.54) is 6.07 Å². The molecule has 0 unspecified atom stereocenters. The van der Waals surface area contributed by atoms with Crippen LogP contribution in [0.15, 0.2) is 46.2 Å². The number of benzene rings is 2. The van der Waals surface area contributed by atoms with Crippen LogP contribution < -0.4 is 10.0 Å². The van der Waals surface area contributed by atoms with Crippen molar-refractivity contribution in [1.29, 1.82) is 0 Å². The Labute approximate surface area is 152 Å². The second-order valence-corrected chi connectivity index (χ2v) is 9.01. The number of thioether (sulfide) groups is 1. The Bertz CT molecular complexity index is 939. The Morgan fingerprint density at radius 2 is 1.88 bits per heavy atom. The van der Waals surface area contributed by atoms with Crippen molar-refractivity contribution in [1.82, 2.24) is 0 Å². The number of hydrogen-bond acceptors (Lipinski definition) is 4. The zero-order valence-electron chi connectivity index (χ0n) is 14.3. The van der Waals surface area contributed by atoms with Gasteiger partial charge in [0.15, 0.2) is 0 Å². The molecule has 2 N–H and O–H groups in total. The van der Waals surface area contributed by atoms with Crippen LogP contribution in [-0.4, -0.2) is 20.1 Å². The van der Waals surface area contributed by atoms with Crippen molar-refractivity contribution in [3.63, 3.8) is 0 Å². The smallest absolute Gasteiger partial charge is 0.261 e. The lowest BCUT2D eigenvalue weighted by molar-refractivity contribution is -0.118. The molecule has 0 saturated heterocycles. The molecule has 0 aliphatic carbocycles. The van der Waals surface area contributed by atoms with Gasteiger partial charge in [0.25, 0.3) is 10.0 Å². The molecular weight excluding hydrogens is 356 g/mol. The summed E-state index contributed by atoms with van der Waals surface area (Å²) in [4.78, 5) is 13.0. The van der Waals surface area contributed by atoms with Crippen LogP contribution in [0.2, 0.25) is 0 Å². The van der Waals surface area contributed by atoms with E-state index in [-0.39, 0.29) is 16.7 Å². The van der Waals surface area contributed by atoms with Crippen molar-refractivity contribution in [2.24, 2.45) is 5.92 Å². The standard InChI is InChI=1S/C18H20N2O3S2/c1-11-4-5-14(8-12(11)2)20-25(22,23)15-6-7-17-16(9-15)19-18(21)13(3)10-24-17/h4-9,13,20H,10H2,1-3H3,(H,19,21)/t13-/m0/s1.